The topological polar surface area (TPSA) is 24.1 Å². The molecule has 0 saturated carbocycles. The standard InChI is InChI=1S/C5H7N2/c1-2-4-6-7-5-3-1/h1-7H. The Morgan fingerprint density at radius 1 is 0.857 bits per heavy atom. The van der Waals surface area contributed by atoms with Crippen LogP contribution in [0.3, 0.4) is 0 Å². The van der Waals surface area contributed by atoms with Crippen molar-refractivity contribution in [2.24, 2.45) is 0 Å². The third-order valence-corrected chi connectivity index (χ3v) is 0.665. The van der Waals surface area contributed by atoms with Crippen LogP contribution in [0, 0.1) is 6.54 Å². The summed E-state index contributed by atoms with van der Waals surface area (Å²) in [6, 6.07) is 0. The fourth-order valence-corrected chi connectivity index (χ4v) is 0.368. The zero-order valence-corrected chi connectivity index (χ0v) is 3.89. The van der Waals surface area contributed by atoms with Crippen LogP contribution in [0.4, 0.5) is 0 Å². The van der Waals surface area contributed by atoms with E-state index in [1.54, 1.807) is 0 Å². The predicted molar refractivity (Wildman–Crippen MR) is 28.9 cm³/mol. The van der Waals surface area contributed by atoms with Crippen LogP contribution in [0.1, 0.15) is 0 Å². The maximum absolute atomic E-state index is 2.80. The molecule has 2 heteroatoms. The lowest BCUT2D eigenvalue weighted by atomic mass is 10.5. The van der Waals surface area contributed by atoms with Gasteiger partial charge in [-0.15, -0.1) is 0 Å². The summed E-state index contributed by atoms with van der Waals surface area (Å²) in [6.07, 6.45) is 7.58. The molecule has 0 aromatic carbocycles. The van der Waals surface area contributed by atoms with Gasteiger partial charge in [-0.1, -0.05) is 12.2 Å². The highest BCUT2D eigenvalue weighted by molar-refractivity contribution is 5.08. The number of hydrogen-bond donors (Lipinski definition) is 2. The van der Waals surface area contributed by atoms with Crippen LogP contribution in [-0.4, -0.2) is 0 Å². The normalized spacial score (nSPS) is 18.3. The van der Waals surface area contributed by atoms with Gasteiger partial charge in [-0.05, 0) is 6.08 Å². The Kier molecular flexibility index (Phi) is 1.52. The van der Waals surface area contributed by atoms with Crippen LogP contribution in [0.2, 0.25) is 0 Å². The zero-order chi connectivity index (χ0) is 4.95. The highest BCUT2D eigenvalue weighted by Gasteiger charge is 1.76. The lowest BCUT2D eigenvalue weighted by Gasteiger charge is -1.92. The molecule has 0 spiro atoms. The molecule has 1 heterocycles. The van der Waals surface area contributed by atoms with Crippen molar-refractivity contribution < 1.29 is 0 Å². The number of rotatable bonds is 0. The molecule has 0 bridgehead atoms. The van der Waals surface area contributed by atoms with E-state index in [1.807, 2.05) is 31.0 Å². The molecule has 0 unspecified atom stereocenters. The average Bonchev–Trinajstić information content (AvgIpc) is 1.90. The Morgan fingerprint density at radius 3 is 2.86 bits per heavy atom. The molecule has 0 saturated heterocycles. The van der Waals surface area contributed by atoms with Crippen molar-refractivity contribution in [3.05, 3.63) is 31.0 Å². The first-order chi connectivity index (χ1) is 3.50. The Labute approximate surface area is 42.9 Å². The molecule has 0 atom stereocenters. The second-order valence-corrected chi connectivity index (χ2v) is 1.20. The molecule has 1 aliphatic heterocycles. The van der Waals surface area contributed by atoms with E-state index in [0.29, 0.717) is 0 Å². The van der Waals surface area contributed by atoms with E-state index in [9.17, 15) is 0 Å². The van der Waals surface area contributed by atoms with Gasteiger partial charge in [-0.3, -0.25) is 0 Å². The van der Waals surface area contributed by atoms with Gasteiger partial charge in [0.1, 0.15) is 0 Å². The minimum atomic E-state index is 1.82. The van der Waals surface area contributed by atoms with Gasteiger partial charge in [0.15, 0.2) is 0 Å². The first-order valence-electron chi connectivity index (χ1n) is 2.16. The predicted octanol–water partition coefficient (Wildman–Crippen LogP) is 0.326. The van der Waals surface area contributed by atoms with E-state index in [4.69, 9.17) is 0 Å². The average molecular weight is 95.1 g/mol. The molecule has 0 aliphatic carbocycles. The fourth-order valence-electron chi connectivity index (χ4n) is 0.368. The summed E-state index contributed by atoms with van der Waals surface area (Å²) in [5.41, 5.74) is 5.60. The smallest absolute Gasteiger partial charge is 0.0650 e. The van der Waals surface area contributed by atoms with E-state index in [-0.39, 0.29) is 0 Å². The minimum absolute atomic E-state index is 1.82. The zero-order valence-electron chi connectivity index (χ0n) is 3.89. The molecule has 0 aromatic heterocycles. The molecule has 2 nitrogen and oxygen atoms in total. The van der Waals surface area contributed by atoms with Gasteiger partial charge in [-0.25, -0.2) is 5.43 Å². The summed E-state index contributed by atoms with van der Waals surface area (Å²) in [4.78, 5) is 0. The summed E-state index contributed by atoms with van der Waals surface area (Å²) < 4.78 is 0. The third-order valence-electron chi connectivity index (χ3n) is 0.665. The highest BCUT2D eigenvalue weighted by Crippen LogP contribution is 1.79. The molecular weight excluding hydrogens is 88.1 g/mol. The summed E-state index contributed by atoms with van der Waals surface area (Å²) in [7, 11) is 0. The first kappa shape index (κ1) is 4.40. The van der Waals surface area contributed by atoms with Crippen molar-refractivity contribution in [3.63, 3.8) is 0 Å². The van der Waals surface area contributed by atoms with E-state index < -0.39 is 0 Å². The quantitative estimate of drug-likeness (QED) is 0.453. The van der Waals surface area contributed by atoms with E-state index in [2.05, 4.69) is 10.9 Å². The Morgan fingerprint density at radius 2 is 1.86 bits per heavy atom. The Hall–Kier alpha value is -0.760. The third kappa shape index (κ3) is 1.41. The van der Waals surface area contributed by atoms with Crippen molar-refractivity contribution in [2.45, 2.75) is 0 Å². The van der Waals surface area contributed by atoms with Gasteiger partial charge in [0.2, 0.25) is 0 Å². The molecule has 0 aromatic rings. The maximum atomic E-state index is 2.80. The molecule has 1 aliphatic rings. The van der Waals surface area contributed by atoms with Gasteiger partial charge in [0, 0.05) is 6.20 Å². The number of hydrogen-bond acceptors (Lipinski definition) is 2. The van der Waals surface area contributed by atoms with Crippen molar-refractivity contribution in [1.29, 1.82) is 0 Å². The van der Waals surface area contributed by atoms with Crippen LogP contribution >= 0.6 is 0 Å². The molecule has 2 N–H and O–H groups in total. The summed E-state index contributed by atoms with van der Waals surface area (Å²) in [5.74, 6) is 0. The van der Waals surface area contributed by atoms with Gasteiger partial charge >= 0.3 is 0 Å². The van der Waals surface area contributed by atoms with Crippen LogP contribution < -0.4 is 10.9 Å². The molecule has 37 valence electrons. The first-order valence-corrected chi connectivity index (χ1v) is 2.16. The largest absolute Gasteiger partial charge is 0.328 e. The van der Waals surface area contributed by atoms with Crippen molar-refractivity contribution in [2.75, 3.05) is 0 Å². The van der Waals surface area contributed by atoms with Crippen LogP contribution in [-0.2, 0) is 0 Å². The van der Waals surface area contributed by atoms with Gasteiger partial charge < -0.3 is 5.43 Å². The van der Waals surface area contributed by atoms with E-state index in [1.165, 1.54) is 0 Å². The van der Waals surface area contributed by atoms with Crippen molar-refractivity contribution in [1.82, 2.24) is 10.9 Å². The molecule has 0 fully saturated rings. The fraction of sp³-hybridized carbons (Fsp3) is 0. The molecular formula is C5H7N2. The number of nitrogens with one attached hydrogen (secondary N) is 2. The summed E-state index contributed by atoms with van der Waals surface area (Å²) in [6.45, 7) is 1.82. The molecule has 0 amide bonds. The maximum Gasteiger partial charge on any atom is 0.0650 e. The van der Waals surface area contributed by atoms with Crippen LogP contribution in [0.5, 0.6) is 0 Å². The van der Waals surface area contributed by atoms with Crippen molar-refractivity contribution >= 4 is 0 Å². The lowest BCUT2D eigenvalue weighted by molar-refractivity contribution is 0.745. The monoisotopic (exact) mass is 95.1 g/mol. The van der Waals surface area contributed by atoms with Gasteiger partial charge in [0.05, 0.1) is 6.54 Å². The highest BCUT2D eigenvalue weighted by atomic mass is 15.3. The second-order valence-electron chi connectivity index (χ2n) is 1.20. The summed E-state index contributed by atoms with van der Waals surface area (Å²) in [5, 5.41) is 0. The minimum Gasteiger partial charge on any atom is -0.328 e. The summed E-state index contributed by atoms with van der Waals surface area (Å²) >= 11 is 0. The Bertz CT molecular complexity index is 82.3. The van der Waals surface area contributed by atoms with Gasteiger partial charge in [0.25, 0.3) is 0 Å². The van der Waals surface area contributed by atoms with E-state index >= 15 is 0 Å². The molecule has 1 radical (unpaired) electrons. The lowest BCUT2D eigenvalue weighted by Crippen LogP contribution is -2.21. The Balaban J connectivity index is 2.39. The van der Waals surface area contributed by atoms with Crippen LogP contribution in [0.25, 0.3) is 0 Å². The SMILES string of the molecule is [CH]1C=CC=CNN1. The molecule has 7 heavy (non-hydrogen) atoms. The number of hydrazine groups is 1. The van der Waals surface area contributed by atoms with Gasteiger partial charge in [-0.2, -0.15) is 0 Å². The second kappa shape index (κ2) is 2.42. The molecule has 1 rings (SSSR count). The van der Waals surface area contributed by atoms with Crippen LogP contribution in [0.15, 0.2) is 24.4 Å². The van der Waals surface area contributed by atoms with Crippen molar-refractivity contribution in [3.8, 4) is 0 Å². The number of allylic oxidation sites excluding steroid dienone is 2. The van der Waals surface area contributed by atoms with E-state index in [0.717, 1.165) is 0 Å².